The van der Waals surface area contributed by atoms with Gasteiger partial charge in [-0.05, 0) is 31.7 Å². The molecule has 0 spiro atoms. The molecule has 2 aromatic heterocycles. The molecule has 0 aliphatic carbocycles. The second kappa shape index (κ2) is 7.70. The molecule has 1 unspecified atom stereocenters. The first-order valence-corrected chi connectivity index (χ1v) is 11.4. The zero-order valence-electron chi connectivity index (χ0n) is 15.7. The number of rotatable bonds is 5. The predicted octanol–water partition coefficient (Wildman–Crippen LogP) is 1.88. The van der Waals surface area contributed by atoms with E-state index in [1.807, 2.05) is 5.51 Å². The van der Waals surface area contributed by atoms with Crippen LogP contribution in [0.5, 0.6) is 0 Å². The van der Waals surface area contributed by atoms with Crippen molar-refractivity contribution in [2.45, 2.75) is 17.9 Å². The predicted molar refractivity (Wildman–Crippen MR) is 110 cm³/mol. The Bertz CT molecular complexity index is 1060. The van der Waals surface area contributed by atoms with Crippen LogP contribution in [0.3, 0.4) is 0 Å². The molecule has 10 heteroatoms. The van der Waals surface area contributed by atoms with Crippen molar-refractivity contribution in [1.82, 2.24) is 24.6 Å². The minimum Gasteiger partial charge on any atom is -0.338 e. The van der Waals surface area contributed by atoms with Crippen LogP contribution in [0, 0.1) is 0 Å². The molecular weight excluding hydrogens is 396 g/mol. The van der Waals surface area contributed by atoms with Crippen LogP contribution in [0.15, 0.2) is 41.0 Å². The molecule has 0 radical (unpaired) electrons. The number of benzene rings is 1. The number of nitrogens with one attached hydrogen (secondary N) is 1. The summed E-state index contributed by atoms with van der Waals surface area (Å²) in [6, 6.07) is 6.80. The largest absolute Gasteiger partial charge is 0.338 e. The Kier molecular flexibility index (Phi) is 5.28. The van der Waals surface area contributed by atoms with Crippen molar-refractivity contribution in [3.05, 3.63) is 41.7 Å². The molecule has 3 heterocycles. The molecular formula is C18H22N6O2S2. The second-order valence-corrected chi connectivity index (χ2v) is 9.48. The summed E-state index contributed by atoms with van der Waals surface area (Å²) >= 11 is 1.66. The molecule has 1 aliphatic rings. The van der Waals surface area contributed by atoms with Crippen LogP contribution < -0.4 is 9.62 Å². The normalized spacial score (nSPS) is 17.1. The van der Waals surface area contributed by atoms with Crippen LogP contribution in [-0.2, 0) is 10.0 Å². The number of nitrogens with zero attached hydrogens (tertiary/aromatic N) is 5. The molecule has 1 aromatic carbocycles. The van der Waals surface area contributed by atoms with Gasteiger partial charge in [0.05, 0.1) is 28.1 Å². The molecule has 1 N–H and O–H groups in total. The van der Waals surface area contributed by atoms with E-state index >= 15 is 0 Å². The number of anilines is 1. The van der Waals surface area contributed by atoms with Gasteiger partial charge in [-0.3, -0.25) is 4.90 Å². The molecule has 1 saturated heterocycles. The number of hydrogen-bond donors (Lipinski definition) is 1. The van der Waals surface area contributed by atoms with Crippen molar-refractivity contribution < 1.29 is 8.42 Å². The first kappa shape index (κ1) is 19.2. The third-order valence-electron chi connectivity index (χ3n) is 5.18. The third kappa shape index (κ3) is 3.72. The van der Waals surface area contributed by atoms with Gasteiger partial charge in [0.15, 0.2) is 0 Å². The van der Waals surface area contributed by atoms with Crippen molar-refractivity contribution in [3.8, 4) is 0 Å². The summed E-state index contributed by atoms with van der Waals surface area (Å²) in [4.78, 5) is 17.5. The Morgan fingerprint density at radius 3 is 2.50 bits per heavy atom. The van der Waals surface area contributed by atoms with E-state index in [2.05, 4.69) is 54.6 Å². The van der Waals surface area contributed by atoms with E-state index in [4.69, 9.17) is 0 Å². The summed E-state index contributed by atoms with van der Waals surface area (Å²) in [5, 5.41) is 0. The van der Waals surface area contributed by atoms with Crippen LogP contribution >= 0.6 is 11.3 Å². The lowest BCUT2D eigenvalue weighted by molar-refractivity contribution is 0.198. The molecule has 0 bridgehead atoms. The summed E-state index contributed by atoms with van der Waals surface area (Å²) in [6.07, 6.45) is 2.71. The molecule has 8 nitrogen and oxygen atoms in total. The highest BCUT2D eigenvalue weighted by Crippen LogP contribution is 2.27. The average Bonchev–Trinajstić information content (AvgIpc) is 3.21. The van der Waals surface area contributed by atoms with E-state index < -0.39 is 10.0 Å². The van der Waals surface area contributed by atoms with E-state index in [0.29, 0.717) is 12.0 Å². The Balaban J connectivity index is 1.41. The SMILES string of the molecule is CNS(=O)(=O)c1cnc(N2CCN(C(C)c3ccc4scnc4c3)CC2)nc1. The molecule has 1 aliphatic heterocycles. The topological polar surface area (TPSA) is 91.3 Å². The molecule has 1 atom stereocenters. The Morgan fingerprint density at radius 2 is 1.82 bits per heavy atom. The number of aromatic nitrogens is 3. The number of thiazole rings is 1. The van der Waals surface area contributed by atoms with E-state index in [0.717, 1.165) is 31.7 Å². The van der Waals surface area contributed by atoms with Crippen LogP contribution in [-0.4, -0.2) is 61.5 Å². The summed E-state index contributed by atoms with van der Waals surface area (Å²) in [5.74, 6) is 0.561. The molecule has 148 valence electrons. The highest BCUT2D eigenvalue weighted by atomic mass is 32.2. The average molecular weight is 419 g/mol. The first-order valence-electron chi connectivity index (χ1n) is 9.05. The van der Waals surface area contributed by atoms with Gasteiger partial charge in [0.25, 0.3) is 0 Å². The van der Waals surface area contributed by atoms with Crippen molar-refractivity contribution in [2.75, 3.05) is 38.1 Å². The van der Waals surface area contributed by atoms with Gasteiger partial charge in [-0.15, -0.1) is 11.3 Å². The number of piperazine rings is 1. The number of fused-ring (bicyclic) bond motifs is 1. The molecule has 28 heavy (non-hydrogen) atoms. The van der Waals surface area contributed by atoms with Crippen LogP contribution in [0.25, 0.3) is 10.2 Å². The van der Waals surface area contributed by atoms with E-state index in [1.165, 1.54) is 29.7 Å². The van der Waals surface area contributed by atoms with Gasteiger partial charge >= 0.3 is 0 Å². The van der Waals surface area contributed by atoms with Crippen molar-refractivity contribution in [2.24, 2.45) is 0 Å². The quantitative estimate of drug-likeness (QED) is 0.676. The summed E-state index contributed by atoms with van der Waals surface area (Å²) in [5.41, 5.74) is 4.20. The van der Waals surface area contributed by atoms with E-state index in [-0.39, 0.29) is 4.90 Å². The van der Waals surface area contributed by atoms with Crippen LogP contribution in [0.1, 0.15) is 18.5 Å². The van der Waals surface area contributed by atoms with Gasteiger partial charge in [-0.25, -0.2) is 28.1 Å². The van der Waals surface area contributed by atoms with Gasteiger partial charge in [-0.1, -0.05) is 6.07 Å². The lowest BCUT2D eigenvalue weighted by atomic mass is 10.1. The lowest BCUT2D eigenvalue weighted by Gasteiger charge is -2.38. The van der Waals surface area contributed by atoms with Gasteiger partial charge in [0.2, 0.25) is 16.0 Å². The first-order chi connectivity index (χ1) is 13.5. The maximum absolute atomic E-state index is 11.8. The van der Waals surface area contributed by atoms with Gasteiger partial charge < -0.3 is 4.90 Å². The molecule has 0 amide bonds. The fraction of sp³-hybridized carbons (Fsp3) is 0.389. The van der Waals surface area contributed by atoms with E-state index in [1.54, 1.807) is 11.3 Å². The summed E-state index contributed by atoms with van der Waals surface area (Å²) < 4.78 is 27.1. The van der Waals surface area contributed by atoms with Gasteiger partial charge in [0.1, 0.15) is 4.90 Å². The fourth-order valence-electron chi connectivity index (χ4n) is 3.38. The van der Waals surface area contributed by atoms with Gasteiger partial charge in [0, 0.05) is 32.2 Å². The van der Waals surface area contributed by atoms with Crippen molar-refractivity contribution >= 4 is 37.5 Å². The molecule has 4 rings (SSSR count). The van der Waals surface area contributed by atoms with Crippen molar-refractivity contribution in [3.63, 3.8) is 0 Å². The minimum absolute atomic E-state index is 0.0726. The highest BCUT2D eigenvalue weighted by molar-refractivity contribution is 7.89. The maximum Gasteiger partial charge on any atom is 0.243 e. The maximum atomic E-state index is 11.8. The third-order valence-corrected chi connectivity index (χ3v) is 7.35. The standard InChI is InChI=1S/C18H22N6O2S2/c1-13(14-3-4-17-16(9-14)22-12-27-17)23-5-7-24(8-6-23)18-20-10-15(11-21-18)28(25,26)19-2/h3-4,9-13,19H,5-8H2,1-2H3. The lowest BCUT2D eigenvalue weighted by Crippen LogP contribution is -2.47. The molecule has 0 saturated carbocycles. The molecule has 1 fully saturated rings. The summed E-state index contributed by atoms with van der Waals surface area (Å²) in [7, 11) is -2.14. The molecule has 3 aromatic rings. The van der Waals surface area contributed by atoms with E-state index in [9.17, 15) is 8.42 Å². The minimum atomic E-state index is -3.51. The summed E-state index contributed by atoms with van der Waals surface area (Å²) in [6.45, 7) is 5.58. The Labute approximate surface area is 168 Å². The van der Waals surface area contributed by atoms with Crippen molar-refractivity contribution in [1.29, 1.82) is 0 Å². The monoisotopic (exact) mass is 418 g/mol. The van der Waals surface area contributed by atoms with Crippen LogP contribution in [0.4, 0.5) is 5.95 Å². The zero-order valence-corrected chi connectivity index (χ0v) is 17.4. The number of sulfonamides is 1. The zero-order chi connectivity index (χ0) is 19.7. The number of hydrogen-bond acceptors (Lipinski definition) is 8. The Hall–Kier alpha value is -2.14. The highest BCUT2D eigenvalue weighted by Gasteiger charge is 2.24. The fourth-order valence-corrected chi connectivity index (χ4v) is 4.66. The van der Waals surface area contributed by atoms with Gasteiger partial charge in [-0.2, -0.15) is 0 Å². The second-order valence-electron chi connectivity index (χ2n) is 6.70. The Morgan fingerprint density at radius 1 is 1.11 bits per heavy atom. The smallest absolute Gasteiger partial charge is 0.243 e. The van der Waals surface area contributed by atoms with Crippen LogP contribution in [0.2, 0.25) is 0 Å².